The molecule has 1 aliphatic heterocycles. The Balaban J connectivity index is 1.81. The van der Waals surface area contributed by atoms with Crippen molar-refractivity contribution in [2.24, 2.45) is 5.92 Å². The standard InChI is InChI=1S/C11H20O3/c1-9(2)6-4-3-5-7-13-11(12)10-8-14-10/h9-10H,3-8H2,1-2H3. The number of hydrogen-bond donors (Lipinski definition) is 0. The van der Waals surface area contributed by atoms with Crippen molar-refractivity contribution < 1.29 is 14.3 Å². The summed E-state index contributed by atoms with van der Waals surface area (Å²) < 4.78 is 9.81. The summed E-state index contributed by atoms with van der Waals surface area (Å²) in [5, 5.41) is 0. The van der Waals surface area contributed by atoms with E-state index in [1.54, 1.807) is 0 Å². The van der Waals surface area contributed by atoms with Gasteiger partial charge in [-0.2, -0.15) is 0 Å². The van der Waals surface area contributed by atoms with E-state index < -0.39 is 0 Å². The lowest BCUT2D eigenvalue weighted by molar-refractivity contribution is -0.145. The van der Waals surface area contributed by atoms with Crippen LogP contribution >= 0.6 is 0 Å². The molecule has 1 fully saturated rings. The third-order valence-corrected chi connectivity index (χ3v) is 2.27. The Bertz CT molecular complexity index is 173. The van der Waals surface area contributed by atoms with Crippen LogP contribution in [0, 0.1) is 5.92 Å². The van der Waals surface area contributed by atoms with Crippen LogP contribution in [0.4, 0.5) is 0 Å². The van der Waals surface area contributed by atoms with E-state index in [1.807, 2.05) is 0 Å². The smallest absolute Gasteiger partial charge is 0.337 e. The van der Waals surface area contributed by atoms with Crippen LogP contribution in [-0.2, 0) is 14.3 Å². The van der Waals surface area contributed by atoms with Crippen LogP contribution in [0.1, 0.15) is 39.5 Å². The van der Waals surface area contributed by atoms with E-state index in [1.165, 1.54) is 12.8 Å². The second-order valence-electron chi connectivity index (χ2n) is 4.23. The molecule has 1 rings (SSSR count). The molecule has 0 spiro atoms. The summed E-state index contributed by atoms with van der Waals surface area (Å²) in [6.45, 7) is 5.55. The van der Waals surface area contributed by atoms with Gasteiger partial charge in [-0.05, 0) is 12.3 Å². The molecule has 1 saturated heterocycles. The van der Waals surface area contributed by atoms with Crippen LogP contribution < -0.4 is 0 Å². The van der Waals surface area contributed by atoms with Gasteiger partial charge in [-0.1, -0.05) is 33.1 Å². The van der Waals surface area contributed by atoms with Crippen molar-refractivity contribution in [2.75, 3.05) is 13.2 Å². The zero-order valence-electron chi connectivity index (χ0n) is 9.12. The maximum Gasteiger partial charge on any atom is 0.337 e. The topological polar surface area (TPSA) is 38.8 Å². The van der Waals surface area contributed by atoms with Crippen molar-refractivity contribution in [1.82, 2.24) is 0 Å². The maximum atomic E-state index is 11.0. The van der Waals surface area contributed by atoms with Gasteiger partial charge < -0.3 is 9.47 Å². The first-order valence-electron chi connectivity index (χ1n) is 5.48. The van der Waals surface area contributed by atoms with Gasteiger partial charge in [0.2, 0.25) is 0 Å². The number of rotatable bonds is 7. The molecule has 0 N–H and O–H groups in total. The fourth-order valence-electron chi connectivity index (χ4n) is 1.28. The molecule has 82 valence electrons. The summed E-state index contributed by atoms with van der Waals surface area (Å²) in [6, 6.07) is 0. The molecule has 3 nitrogen and oxygen atoms in total. The average Bonchev–Trinajstić information content (AvgIpc) is 2.92. The quantitative estimate of drug-likeness (QED) is 0.359. The molecule has 0 aromatic heterocycles. The molecule has 1 heterocycles. The number of hydrogen-bond acceptors (Lipinski definition) is 3. The molecule has 0 aromatic carbocycles. The highest BCUT2D eigenvalue weighted by molar-refractivity contribution is 5.76. The van der Waals surface area contributed by atoms with Gasteiger partial charge in [0.1, 0.15) is 0 Å². The zero-order valence-corrected chi connectivity index (χ0v) is 9.12. The first kappa shape index (κ1) is 11.5. The largest absolute Gasteiger partial charge is 0.464 e. The summed E-state index contributed by atoms with van der Waals surface area (Å²) in [6.07, 6.45) is 4.38. The van der Waals surface area contributed by atoms with Crippen LogP contribution in [0.5, 0.6) is 0 Å². The van der Waals surface area contributed by atoms with Crippen LogP contribution in [0.15, 0.2) is 0 Å². The Labute approximate surface area is 85.8 Å². The molecule has 0 saturated carbocycles. The Kier molecular flexibility index (Phi) is 4.94. The Hall–Kier alpha value is -0.570. The lowest BCUT2D eigenvalue weighted by atomic mass is 10.1. The predicted octanol–water partition coefficient (Wildman–Crippen LogP) is 2.14. The fourth-order valence-corrected chi connectivity index (χ4v) is 1.28. The van der Waals surface area contributed by atoms with Gasteiger partial charge in [-0.3, -0.25) is 0 Å². The van der Waals surface area contributed by atoms with E-state index in [2.05, 4.69) is 13.8 Å². The van der Waals surface area contributed by atoms with Gasteiger partial charge in [0, 0.05) is 0 Å². The number of ether oxygens (including phenoxy) is 2. The SMILES string of the molecule is CC(C)CCCCCOC(=O)C1CO1. The third kappa shape index (κ3) is 5.22. The third-order valence-electron chi connectivity index (χ3n) is 2.27. The van der Waals surface area contributed by atoms with Crippen LogP contribution in [0.25, 0.3) is 0 Å². The molecule has 14 heavy (non-hydrogen) atoms. The molecule has 0 aliphatic carbocycles. The highest BCUT2D eigenvalue weighted by Gasteiger charge is 2.32. The molecule has 1 aliphatic rings. The highest BCUT2D eigenvalue weighted by Crippen LogP contribution is 2.11. The van der Waals surface area contributed by atoms with Crippen molar-refractivity contribution in [3.63, 3.8) is 0 Å². The van der Waals surface area contributed by atoms with E-state index in [4.69, 9.17) is 9.47 Å². The molecular weight excluding hydrogens is 180 g/mol. The molecule has 0 aromatic rings. The molecular formula is C11H20O3. The summed E-state index contributed by atoms with van der Waals surface area (Å²) in [7, 11) is 0. The first-order chi connectivity index (χ1) is 6.70. The van der Waals surface area contributed by atoms with E-state index in [0.717, 1.165) is 18.8 Å². The molecule has 0 amide bonds. The molecule has 3 heteroatoms. The van der Waals surface area contributed by atoms with Gasteiger partial charge in [-0.15, -0.1) is 0 Å². The van der Waals surface area contributed by atoms with E-state index in [-0.39, 0.29) is 12.1 Å². The van der Waals surface area contributed by atoms with Crippen molar-refractivity contribution >= 4 is 5.97 Å². The van der Waals surface area contributed by atoms with E-state index in [0.29, 0.717) is 13.2 Å². The highest BCUT2D eigenvalue weighted by atomic mass is 16.6. The molecule has 0 bridgehead atoms. The second-order valence-corrected chi connectivity index (χ2v) is 4.23. The van der Waals surface area contributed by atoms with Crippen molar-refractivity contribution in [1.29, 1.82) is 0 Å². The average molecular weight is 200 g/mol. The summed E-state index contributed by atoms with van der Waals surface area (Å²) in [5.41, 5.74) is 0. The van der Waals surface area contributed by atoms with Gasteiger partial charge in [0.05, 0.1) is 13.2 Å². The minimum Gasteiger partial charge on any atom is -0.464 e. The van der Waals surface area contributed by atoms with Crippen molar-refractivity contribution in [2.45, 2.75) is 45.6 Å². The Morgan fingerprint density at radius 3 is 2.71 bits per heavy atom. The molecule has 1 unspecified atom stereocenters. The predicted molar refractivity (Wildman–Crippen MR) is 54.0 cm³/mol. The summed E-state index contributed by atoms with van der Waals surface area (Å²) in [5.74, 6) is 0.589. The first-order valence-corrected chi connectivity index (χ1v) is 5.48. The van der Waals surface area contributed by atoms with Crippen molar-refractivity contribution in [3.05, 3.63) is 0 Å². The number of epoxide rings is 1. The van der Waals surface area contributed by atoms with Gasteiger partial charge in [-0.25, -0.2) is 4.79 Å². The van der Waals surface area contributed by atoms with Crippen LogP contribution in [0.3, 0.4) is 0 Å². The van der Waals surface area contributed by atoms with E-state index in [9.17, 15) is 4.79 Å². The summed E-state index contributed by atoms with van der Waals surface area (Å²) >= 11 is 0. The maximum absolute atomic E-state index is 11.0. The van der Waals surface area contributed by atoms with Gasteiger partial charge in [0.15, 0.2) is 6.10 Å². The van der Waals surface area contributed by atoms with Crippen molar-refractivity contribution in [3.8, 4) is 0 Å². The zero-order chi connectivity index (χ0) is 10.4. The van der Waals surface area contributed by atoms with Crippen LogP contribution in [0.2, 0.25) is 0 Å². The number of carbonyl (C=O) groups excluding carboxylic acids is 1. The monoisotopic (exact) mass is 200 g/mol. The van der Waals surface area contributed by atoms with Gasteiger partial charge >= 0.3 is 5.97 Å². The molecule has 0 radical (unpaired) electrons. The fraction of sp³-hybridized carbons (Fsp3) is 0.909. The lowest BCUT2D eigenvalue weighted by Gasteiger charge is -2.04. The summed E-state index contributed by atoms with van der Waals surface area (Å²) in [4.78, 5) is 11.0. The Morgan fingerprint density at radius 2 is 2.14 bits per heavy atom. The molecule has 1 atom stereocenters. The van der Waals surface area contributed by atoms with Gasteiger partial charge in [0.25, 0.3) is 0 Å². The Morgan fingerprint density at radius 1 is 1.43 bits per heavy atom. The van der Waals surface area contributed by atoms with E-state index >= 15 is 0 Å². The normalized spacial score (nSPS) is 19.8. The minimum absolute atomic E-state index is 0.186. The number of carbonyl (C=O) groups is 1. The lowest BCUT2D eigenvalue weighted by Crippen LogP contribution is -2.12. The van der Waals surface area contributed by atoms with Crippen LogP contribution in [-0.4, -0.2) is 25.3 Å². The minimum atomic E-state index is -0.245. The number of esters is 1. The second kappa shape index (κ2) is 6.02. The number of unbranched alkanes of at least 4 members (excludes halogenated alkanes) is 2.